The molecule has 1 aromatic rings. The Morgan fingerprint density at radius 2 is 2.32 bits per heavy atom. The first-order valence-corrected chi connectivity index (χ1v) is 8.56. The van der Waals surface area contributed by atoms with Gasteiger partial charge >= 0.3 is 0 Å². The number of hydrogen-bond donors (Lipinski definition) is 2. The van der Waals surface area contributed by atoms with E-state index < -0.39 is 16.1 Å². The molecule has 0 saturated carbocycles. The summed E-state index contributed by atoms with van der Waals surface area (Å²) >= 11 is 5.92. The lowest BCUT2D eigenvalue weighted by Crippen LogP contribution is -2.30. The zero-order valence-corrected chi connectivity index (χ0v) is 12.9. The van der Waals surface area contributed by atoms with Crippen LogP contribution in [0.2, 0.25) is 0 Å². The predicted molar refractivity (Wildman–Crippen MR) is 78.8 cm³/mol. The third-order valence-corrected chi connectivity index (χ3v) is 7.09. The van der Waals surface area contributed by atoms with Crippen LogP contribution in [-0.2, 0) is 10.0 Å². The summed E-state index contributed by atoms with van der Waals surface area (Å²) < 4.78 is 26.5. The highest BCUT2D eigenvalue weighted by Gasteiger charge is 2.35. The van der Waals surface area contributed by atoms with Crippen molar-refractivity contribution in [3.8, 4) is 0 Å². The number of aliphatic hydroxyl groups excluding tert-OH is 1. The number of thiophene rings is 1. The van der Waals surface area contributed by atoms with E-state index in [-0.39, 0.29) is 15.1 Å². The van der Waals surface area contributed by atoms with E-state index in [1.165, 1.54) is 10.4 Å². The standard InChI is InChI=1S/C11H16N2O3S3/c1-7(14)8-4-5-13(6-8)19(15,16)10-3-2-9(18-10)11(12)17/h2-3,7-8,14H,4-6H2,1H3,(H2,12,17). The van der Waals surface area contributed by atoms with Crippen LogP contribution in [0.3, 0.4) is 0 Å². The average molecular weight is 320 g/mol. The number of sulfonamides is 1. The van der Waals surface area contributed by atoms with Crippen molar-refractivity contribution in [2.75, 3.05) is 13.1 Å². The number of rotatable bonds is 4. The second-order valence-electron chi connectivity index (χ2n) is 4.64. The van der Waals surface area contributed by atoms with Gasteiger partial charge in [-0.25, -0.2) is 8.42 Å². The summed E-state index contributed by atoms with van der Waals surface area (Å²) in [5.41, 5.74) is 5.49. The molecule has 2 rings (SSSR count). The molecule has 2 heterocycles. The maximum Gasteiger partial charge on any atom is 0.252 e. The van der Waals surface area contributed by atoms with Crippen LogP contribution in [0.4, 0.5) is 0 Å². The minimum atomic E-state index is -3.49. The normalized spacial score (nSPS) is 22.5. The van der Waals surface area contributed by atoms with Crippen LogP contribution in [0.5, 0.6) is 0 Å². The molecule has 1 fully saturated rings. The average Bonchev–Trinajstić information content (AvgIpc) is 2.99. The van der Waals surface area contributed by atoms with Gasteiger partial charge in [-0.05, 0) is 31.4 Å². The quantitative estimate of drug-likeness (QED) is 0.801. The van der Waals surface area contributed by atoms with E-state index >= 15 is 0 Å². The molecular formula is C11H16N2O3S3. The van der Waals surface area contributed by atoms with Gasteiger partial charge in [-0.2, -0.15) is 4.31 Å². The maximum atomic E-state index is 12.4. The molecule has 5 nitrogen and oxygen atoms in total. The lowest BCUT2D eigenvalue weighted by Gasteiger charge is -2.16. The molecule has 0 aromatic carbocycles. The molecule has 0 amide bonds. The minimum absolute atomic E-state index is 0.00444. The van der Waals surface area contributed by atoms with E-state index in [2.05, 4.69) is 0 Å². The first-order valence-electron chi connectivity index (χ1n) is 5.90. The van der Waals surface area contributed by atoms with Gasteiger partial charge in [0.05, 0.1) is 11.0 Å². The maximum absolute atomic E-state index is 12.4. The number of hydrogen-bond acceptors (Lipinski definition) is 5. The molecule has 0 bridgehead atoms. The van der Waals surface area contributed by atoms with E-state index in [0.717, 1.165) is 11.3 Å². The second kappa shape index (κ2) is 5.45. The summed E-state index contributed by atoms with van der Waals surface area (Å²) in [6, 6.07) is 3.16. The van der Waals surface area contributed by atoms with Crippen molar-refractivity contribution in [1.29, 1.82) is 0 Å². The fraction of sp³-hybridized carbons (Fsp3) is 0.545. The van der Waals surface area contributed by atoms with Gasteiger partial charge in [-0.3, -0.25) is 0 Å². The van der Waals surface area contributed by atoms with Gasteiger partial charge in [0, 0.05) is 13.1 Å². The van der Waals surface area contributed by atoms with Gasteiger partial charge in [0.25, 0.3) is 10.0 Å². The van der Waals surface area contributed by atoms with E-state index in [0.29, 0.717) is 24.4 Å². The Bertz CT molecular complexity index is 580. The van der Waals surface area contributed by atoms with E-state index in [9.17, 15) is 13.5 Å². The second-order valence-corrected chi connectivity index (χ2v) is 8.32. The van der Waals surface area contributed by atoms with Crippen LogP contribution < -0.4 is 5.73 Å². The highest BCUT2D eigenvalue weighted by molar-refractivity contribution is 7.91. The molecule has 2 unspecified atom stereocenters. The molecule has 19 heavy (non-hydrogen) atoms. The summed E-state index contributed by atoms with van der Waals surface area (Å²) in [7, 11) is -3.49. The Hall–Kier alpha value is -0.540. The molecular weight excluding hydrogens is 304 g/mol. The number of nitrogens with zero attached hydrogens (tertiary/aromatic N) is 1. The van der Waals surface area contributed by atoms with Crippen LogP contribution in [0.1, 0.15) is 18.2 Å². The van der Waals surface area contributed by atoms with Crippen LogP contribution in [0, 0.1) is 5.92 Å². The molecule has 106 valence electrons. The molecule has 3 N–H and O–H groups in total. The monoisotopic (exact) mass is 320 g/mol. The first-order chi connectivity index (χ1) is 8.82. The lowest BCUT2D eigenvalue weighted by atomic mass is 10.0. The summed E-state index contributed by atoms with van der Waals surface area (Å²) in [6.07, 6.45) is 0.195. The number of thiocarbonyl (C=S) groups is 1. The van der Waals surface area contributed by atoms with Crippen molar-refractivity contribution in [3.63, 3.8) is 0 Å². The number of aliphatic hydroxyl groups is 1. The Kier molecular flexibility index (Phi) is 4.26. The van der Waals surface area contributed by atoms with Crippen molar-refractivity contribution in [3.05, 3.63) is 17.0 Å². The fourth-order valence-corrected chi connectivity index (χ4v) is 5.10. The van der Waals surface area contributed by atoms with E-state index in [1.54, 1.807) is 13.0 Å². The molecule has 0 radical (unpaired) electrons. The van der Waals surface area contributed by atoms with Crippen molar-refractivity contribution in [2.24, 2.45) is 11.7 Å². The summed E-state index contributed by atoms with van der Waals surface area (Å²) in [6.45, 7) is 2.50. The molecule has 8 heteroatoms. The molecule has 0 aliphatic carbocycles. The molecule has 1 aliphatic rings. The van der Waals surface area contributed by atoms with Gasteiger partial charge < -0.3 is 10.8 Å². The Labute approximate surface area is 122 Å². The zero-order valence-electron chi connectivity index (χ0n) is 10.4. The smallest absolute Gasteiger partial charge is 0.252 e. The summed E-state index contributed by atoms with van der Waals surface area (Å²) in [5.74, 6) is 0.00444. The van der Waals surface area contributed by atoms with Crippen LogP contribution in [0.15, 0.2) is 16.3 Å². The molecule has 1 saturated heterocycles. The van der Waals surface area contributed by atoms with Crippen LogP contribution in [-0.4, -0.2) is 42.0 Å². The fourth-order valence-electron chi connectivity index (χ4n) is 2.08. The largest absolute Gasteiger partial charge is 0.393 e. The van der Waals surface area contributed by atoms with Crippen molar-refractivity contribution in [1.82, 2.24) is 4.31 Å². The summed E-state index contributed by atoms with van der Waals surface area (Å²) in [5, 5.41) is 9.53. The van der Waals surface area contributed by atoms with Crippen LogP contribution >= 0.6 is 23.6 Å². The van der Waals surface area contributed by atoms with Crippen molar-refractivity contribution < 1.29 is 13.5 Å². The number of nitrogens with two attached hydrogens (primary N) is 1. The minimum Gasteiger partial charge on any atom is -0.393 e. The van der Waals surface area contributed by atoms with Gasteiger partial charge in [0.15, 0.2) is 0 Å². The highest BCUT2D eigenvalue weighted by Crippen LogP contribution is 2.30. The van der Waals surface area contributed by atoms with Gasteiger partial charge in [-0.15, -0.1) is 11.3 Å². The zero-order chi connectivity index (χ0) is 14.2. The van der Waals surface area contributed by atoms with E-state index in [4.69, 9.17) is 18.0 Å². The van der Waals surface area contributed by atoms with E-state index in [1.807, 2.05) is 0 Å². The first kappa shape index (κ1) is 14.9. The predicted octanol–water partition coefficient (Wildman–Crippen LogP) is 0.774. The van der Waals surface area contributed by atoms with Gasteiger partial charge in [-0.1, -0.05) is 12.2 Å². The van der Waals surface area contributed by atoms with Crippen molar-refractivity contribution >= 4 is 38.6 Å². The summed E-state index contributed by atoms with van der Waals surface area (Å²) in [4.78, 5) is 0.801. The third kappa shape index (κ3) is 2.97. The Balaban J connectivity index is 2.21. The van der Waals surface area contributed by atoms with Gasteiger partial charge in [0.1, 0.15) is 9.20 Å². The lowest BCUT2D eigenvalue weighted by molar-refractivity contribution is 0.133. The third-order valence-electron chi connectivity index (χ3n) is 3.29. The topological polar surface area (TPSA) is 83.6 Å². The highest BCUT2D eigenvalue weighted by atomic mass is 32.2. The van der Waals surface area contributed by atoms with Crippen molar-refractivity contribution in [2.45, 2.75) is 23.7 Å². The Morgan fingerprint density at radius 3 is 2.79 bits per heavy atom. The molecule has 1 aromatic heterocycles. The molecule has 2 atom stereocenters. The Morgan fingerprint density at radius 1 is 1.63 bits per heavy atom. The SMILES string of the molecule is CC(O)C1CCN(S(=O)(=O)c2ccc(C(N)=S)s2)C1. The molecule has 1 aliphatic heterocycles. The molecule has 0 spiro atoms. The van der Waals surface area contributed by atoms with Crippen LogP contribution in [0.25, 0.3) is 0 Å². The van der Waals surface area contributed by atoms with Gasteiger partial charge in [0.2, 0.25) is 0 Å².